The Bertz CT molecular complexity index is 590. The average molecular weight is 356 g/mol. The second kappa shape index (κ2) is 7.07. The smallest absolute Gasteiger partial charge is 0.146 e. The molecule has 0 radical (unpaired) electrons. The maximum absolute atomic E-state index is 5.91. The summed E-state index contributed by atoms with van der Waals surface area (Å²) in [5.41, 5.74) is 1.08. The molecule has 2 rings (SSSR count). The lowest BCUT2D eigenvalue weighted by Gasteiger charge is -2.11. The summed E-state index contributed by atoms with van der Waals surface area (Å²) in [7, 11) is 0. The van der Waals surface area contributed by atoms with E-state index in [1.165, 1.54) is 0 Å². The Hall–Kier alpha value is -1.10. The van der Waals surface area contributed by atoms with Crippen molar-refractivity contribution < 1.29 is 4.74 Å². The van der Waals surface area contributed by atoms with Gasteiger partial charge in [0.25, 0.3) is 0 Å². The van der Waals surface area contributed by atoms with Gasteiger partial charge in [-0.25, -0.2) is 0 Å². The summed E-state index contributed by atoms with van der Waals surface area (Å²) >= 11 is 9.34. The first-order valence-electron chi connectivity index (χ1n) is 6.35. The predicted octanol–water partition coefficient (Wildman–Crippen LogP) is 4.79. The van der Waals surface area contributed by atoms with Crippen LogP contribution in [0.4, 0.5) is 0 Å². The molecule has 0 fully saturated rings. The van der Waals surface area contributed by atoms with Gasteiger partial charge in [0.05, 0.1) is 10.7 Å². The van der Waals surface area contributed by atoms with E-state index >= 15 is 0 Å². The zero-order valence-electron chi connectivity index (χ0n) is 11.4. The molecule has 0 amide bonds. The molecule has 1 N–H and O–H groups in total. The second-order valence-electron chi connectivity index (χ2n) is 4.74. The minimum absolute atomic E-state index is 0.435. The molecule has 106 valence electrons. The summed E-state index contributed by atoms with van der Waals surface area (Å²) in [5, 5.41) is 4.01. The number of pyridine rings is 1. The van der Waals surface area contributed by atoms with Crippen molar-refractivity contribution in [3.8, 4) is 11.5 Å². The molecule has 0 saturated carbocycles. The topological polar surface area (TPSA) is 34.2 Å². The monoisotopic (exact) mass is 354 g/mol. The van der Waals surface area contributed by atoms with Crippen molar-refractivity contribution >= 4 is 27.5 Å². The molecular weight excluding hydrogens is 340 g/mol. The maximum Gasteiger partial charge on any atom is 0.146 e. The van der Waals surface area contributed by atoms with E-state index in [9.17, 15) is 0 Å². The van der Waals surface area contributed by atoms with Crippen LogP contribution in [0, 0.1) is 0 Å². The number of rotatable bonds is 5. The van der Waals surface area contributed by atoms with Gasteiger partial charge in [0.1, 0.15) is 11.5 Å². The van der Waals surface area contributed by atoms with Crippen LogP contribution in [-0.4, -0.2) is 11.0 Å². The minimum atomic E-state index is 0.435. The standard InChI is InChI=1S/C15H16BrClN2O/c1-10(2)19-8-11-5-13(9-18-7-11)20-15-4-3-12(17)6-14(15)16/h3-7,9-10,19H,8H2,1-2H3. The Morgan fingerprint density at radius 3 is 2.80 bits per heavy atom. The number of hydrogen-bond donors (Lipinski definition) is 1. The molecular formula is C15H16BrClN2O. The van der Waals surface area contributed by atoms with Crippen LogP contribution in [0.25, 0.3) is 0 Å². The summed E-state index contributed by atoms with van der Waals surface area (Å²) in [6, 6.07) is 7.83. The van der Waals surface area contributed by atoms with E-state index in [0.717, 1.165) is 16.6 Å². The third kappa shape index (κ3) is 4.47. The van der Waals surface area contributed by atoms with Crippen LogP contribution in [0.2, 0.25) is 5.02 Å². The third-order valence-corrected chi connectivity index (χ3v) is 3.46. The normalized spacial score (nSPS) is 10.8. The van der Waals surface area contributed by atoms with Crippen LogP contribution < -0.4 is 10.1 Å². The molecule has 1 aromatic heterocycles. The molecule has 0 bridgehead atoms. The molecule has 0 aliphatic carbocycles. The second-order valence-corrected chi connectivity index (χ2v) is 6.03. The number of nitrogens with zero attached hydrogens (tertiary/aromatic N) is 1. The van der Waals surface area contributed by atoms with E-state index in [1.54, 1.807) is 18.3 Å². The summed E-state index contributed by atoms with van der Waals surface area (Å²) in [6.45, 7) is 4.99. The molecule has 0 aliphatic heterocycles. The third-order valence-electron chi connectivity index (χ3n) is 2.61. The van der Waals surface area contributed by atoms with Crippen LogP contribution in [-0.2, 0) is 6.54 Å². The zero-order chi connectivity index (χ0) is 14.5. The Balaban J connectivity index is 2.11. The SMILES string of the molecule is CC(C)NCc1cncc(Oc2ccc(Cl)cc2Br)c1. The van der Waals surface area contributed by atoms with Gasteiger partial charge in [0, 0.05) is 23.8 Å². The maximum atomic E-state index is 5.91. The molecule has 1 heterocycles. The van der Waals surface area contributed by atoms with Crippen molar-refractivity contribution in [1.82, 2.24) is 10.3 Å². The van der Waals surface area contributed by atoms with Crippen molar-refractivity contribution in [2.24, 2.45) is 0 Å². The number of aromatic nitrogens is 1. The fraction of sp³-hybridized carbons (Fsp3) is 0.267. The van der Waals surface area contributed by atoms with E-state index in [-0.39, 0.29) is 0 Å². The van der Waals surface area contributed by atoms with Crippen LogP contribution in [0.3, 0.4) is 0 Å². The van der Waals surface area contributed by atoms with Gasteiger partial charge < -0.3 is 10.1 Å². The van der Waals surface area contributed by atoms with Gasteiger partial charge >= 0.3 is 0 Å². The molecule has 0 aliphatic rings. The lowest BCUT2D eigenvalue weighted by molar-refractivity contribution is 0.475. The lowest BCUT2D eigenvalue weighted by atomic mass is 10.2. The zero-order valence-corrected chi connectivity index (χ0v) is 13.7. The predicted molar refractivity (Wildman–Crippen MR) is 85.4 cm³/mol. The van der Waals surface area contributed by atoms with Gasteiger partial charge in [0.15, 0.2) is 0 Å². The number of benzene rings is 1. The molecule has 5 heteroatoms. The molecule has 0 atom stereocenters. The first-order valence-corrected chi connectivity index (χ1v) is 7.52. The lowest BCUT2D eigenvalue weighted by Crippen LogP contribution is -2.21. The fourth-order valence-corrected chi connectivity index (χ4v) is 2.39. The van der Waals surface area contributed by atoms with E-state index in [2.05, 4.69) is 40.1 Å². The summed E-state index contributed by atoms with van der Waals surface area (Å²) in [6.07, 6.45) is 3.53. The van der Waals surface area contributed by atoms with Crippen molar-refractivity contribution in [3.63, 3.8) is 0 Å². The van der Waals surface area contributed by atoms with Crippen LogP contribution in [0.15, 0.2) is 41.1 Å². The quantitative estimate of drug-likeness (QED) is 0.837. The summed E-state index contributed by atoms with van der Waals surface area (Å²) in [5.74, 6) is 1.42. The van der Waals surface area contributed by atoms with E-state index in [4.69, 9.17) is 16.3 Å². The molecule has 20 heavy (non-hydrogen) atoms. The summed E-state index contributed by atoms with van der Waals surface area (Å²) in [4.78, 5) is 4.20. The number of hydrogen-bond acceptors (Lipinski definition) is 3. The van der Waals surface area contributed by atoms with E-state index in [0.29, 0.717) is 22.6 Å². The van der Waals surface area contributed by atoms with E-state index in [1.807, 2.05) is 18.3 Å². The fourth-order valence-electron chi connectivity index (χ4n) is 1.62. The van der Waals surface area contributed by atoms with Gasteiger partial charge in [-0.1, -0.05) is 25.4 Å². The van der Waals surface area contributed by atoms with Crippen LogP contribution >= 0.6 is 27.5 Å². The van der Waals surface area contributed by atoms with Gasteiger partial charge in [-0.15, -0.1) is 0 Å². The molecule has 0 spiro atoms. The van der Waals surface area contributed by atoms with Crippen LogP contribution in [0.1, 0.15) is 19.4 Å². The first kappa shape index (κ1) is 15.3. The van der Waals surface area contributed by atoms with Crippen molar-refractivity contribution in [1.29, 1.82) is 0 Å². The van der Waals surface area contributed by atoms with Crippen molar-refractivity contribution in [2.75, 3.05) is 0 Å². The highest BCUT2D eigenvalue weighted by Crippen LogP contribution is 2.31. The largest absolute Gasteiger partial charge is 0.455 e. The average Bonchev–Trinajstić information content (AvgIpc) is 2.40. The first-order chi connectivity index (χ1) is 9.54. The van der Waals surface area contributed by atoms with Crippen molar-refractivity contribution in [3.05, 3.63) is 51.7 Å². The Morgan fingerprint density at radius 2 is 2.10 bits per heavy atom. The highest BCUT2D eigenvalue weighted by Gasteiger charge is 2.05. The molecule has 3 nitrogen and oxygen atoms in total. The molecule has 2 aromatic rings. The summed E-state index contributed by atoms with van der Waals surface area (Å²) < 4.78 is 6.63. The minimum Gasteiger partial charge on any atom is -0.455 e. The Kier molecular flexibility index (Phi) is 5.40. The van der Waals surface area contributed by atoms with Crippen molar-refractivity contribution in [2.45, 2.75) is 26.4 Å². The van der Waals surface area contributed by atoms with Gasteiger partial charge in [-0.2, -0.15) is 0 Å². The Morgan fingerprint density at radius 1 is 1.30 bits per heavy atom. The van der Waals surface area contributed by atoms with Gasteiger partial charge in [0.2, 0.25) is 0 Å². The number of nitrogens with one attached hydrogen (secondary N) is 1. The van der Waals surface area contributed by atoms with Gasteiger partial charge in [-0.3, -0.25) is 4.98 Å². The number of halogens is 2. The highest BCUT2D eigenvalue weighted by molar-refractivity contribution is 9.10. The van der Waals surface area contributed by atoms with E-state index < -0.39 is 0 Å². The molecule has 1 aromatic carbocycles. The van der Waals surface area contributed by atoms with Crippen LogP contribution in [0.5, 0.6) is 11.5 Å². The van der Waals surface area contributed by atoms with Gasteiger partial charge in [-0.05, 0) is 45.8 Å². The highest BCUT2D eigenvalue weighted by atomic mass is 79.9. The Labute approximate surface area is 132 Å². The molecule has 0 unspecified atom stereocenters. The molecule has 0 saturated heterocycles. The number of ether oxygens (including phenoxy) is 1.